The first-order valence-electron chi connectivity index (χ1n) is 12.5. The topological polar surface area (TPSA) is 73.9 Å². The van der Waals surface area contributed by atoms with Gasteiger partial charge in [-0.25, -0.2) is 5.43 Å². The first-order valence-corrected chi connectivity index (χ1v) is 12.5. The fraction of sp³-hybridized carbons (Fsp3) is 0.692. The Morgan fingerprint density at radius 1 is 1.33 bits per heavy atom. The van der Waals surface area contributed by atoms with E-state index in [9.17, 15) is 9.59 Å². The van der Waals surface area contributed by atoms with Gasteiger partial charge < -0.3 is 14.6 Å². The molecule has 2 atom stereocenters. The number of hydrazine groups is 1. The van der Waals surface area contributed by atoms with E-state index in [2.05, 4.69) is 45.6 Å². The molecule has 2 aliphatic carbocycles. The first-order chi connectivity index (χ1) is 15.6. The van der Waals surface area contributed by atoms with Crippen molar-refractivity contribution in [2.45, 2.75) is 90.6 Å². The third-order valence-electron chi connectivity index (χ3n) is 7.67. The molecule has 3 rings (SSSR count). The number of carbonyl (C=O) groups excluding carboxylic acids is 2. The summed E-state index contributed by atoms with van der Waals surface area (Å²) in [7, 11) is 1.88. The highest BCUT2D eigenvalue weighted by Gasteiger charge is 2.37. The summed E-state index contributed by atoms with van der Waals surface area (Å²) in [5, 5.41) is 0. The highest BCUT2D eigenvalue weighted by atomic mass is 16.7. The molecule has 2 amide bonds. The number of nitrogens with zero attached hydrogens (tertiary/aromatic N) is 2. The van der Waals surface area contributed by atoms with Gasteiger partial charge in [-0.3, -0.25) is 9.59 Å². The van der Waals surface area contributed by atoms with Crippen LogP contribution in [0.3, 0.4) is 0 Å². The first kappa shape index (κ1) is 25.5. The van der Waals surface area contributed by atoms with Gasteiger partial charge in [0.25, 0.3) is 5.91 Å². The third-order valence-corrected chi connectivity index (χ3v) is 7.67. The Balaban J connectivity index is 1.87. The quantitative estimate of drug-likeness (QED) is 0.313. The molecule has 0 aromatic heterocycles. The minimum absolute atomic E-state index is 0.0658. The molecule has 7 nitrogen and oxygen atoms in total. The van der Waals surface area contributed by atoms with Gasteiger partial charge in [-0.05, 0) is 82.4 Å². The van der Waals surface area contributed by atoms with Crippen LogP contribution >= 0.6 is 0 Å². The number of hydrogen-bond acceptors (Lipinski definition) is 5. The van der Waals surface area contributed by atoms with Gasteiger partial charge >= 0.3 is 0 Å². The van der Waals surface area contributed by atoms with E-state index in [0.29, 0.717) is 35.4 Å². The smallest absolute Gasteiger partial charge is 0.256 e. The zero-order valence-corrected chi connectivity index (χ0v) is 21.2. The van der Waals surface area contributed by atoms with E-state index in [4.69, 9.17) is 4.84 Å². The Bertz CT molecular complexity index is 837. The Morgan fingerprint density at radius 3 is 2.58 bits per heavy atom. The van der Waals surface area contributed by atoms with Crippen molar-refractivity contribution in [3.8, 4) is 5.75 Å². The maximum Gasteiger partial charge on any atom is 0.256 e. The maximum absolute atomic E-state index is 13.8. The lowest BCUT2D eigenvalue weighted by Gasteiger charge is -2.40. The van der Waals surface area contributed by atoms with E-state index < -0.39 is 0 Å². The molecule has 33 heavy (non-hydrogen) atoms. The van der Waals surface area contributed by atoms with Crippen LogP contribution < -0.4 is 20.8 Å². The molecule has 2 saturated carbocycles. The predicted molar refractivity (Wildman–Crippen MR) is 132 cm³/mol. The van der Waals surface area contributed by atoms with Crippen molar-refractivity contribution in [2.24, 2.45) is 11.8 Å². The lowest BCUT2D eigenvalue weighted by Crippen LogP contribution is -2.48. The zero-order chi connectivity index (χ0) is 24.2. The highest BCUT2D eigenvalue weighted by Crippen LogP contribution is 2.36. The van der Waals surface area contributed by atoms with Crippen molar-refractivity contribution in [3.05, 3.63) is 23.8 Å². The average molecular weight is 459 g/mol. The highest BCUT2D eigenvalue weighted by molar-refractivity contribution is 6.02. The summed E-state index contributed by atoms with van der Waals surface area (Å²) < 4.78 is 0. The number of hydrogen-bond donors (Lipinski definition) is 2. The third kappa shape index (κ3) is 6.48. The molecular weight excluding hydrogens is 416 g/mol. The Hall–Kier alpha value is -2.12. The van der Waals surface area contributed by atoms with E-state index in [-0.39, 0.29) is 17.0 Å². The summed E-state index contributed by atoms with van der Waals surface area (Å²) in [6.07, 6.45) is 8.15. The Labute approximate surface area is 199 Å². The van der Waals surface area contributed by atoms with Gasteiger partial charge in [0.15, 0.2) is 0 Å². The second kappa shape index (κ2) is 10.4. The van der Waals surface area contributed by atoms with Crippen LogP contribution in [0.25, 0.3) is 0 Å². The lowest BCUT2D eigenvalue weighted by atomic mass is 9.84. The van der Waals surface area contributed by atoms with Crippen LogP contribution in [0.15, 0.2) is 18.2 Å². The van der Waals surface area contributed by atoms with Crippen LogP contribution in [-0.2, 0) is 4.79 Å². The van der Waals surface area contributed by atoms with Crippen LogP contribution in [0.5, 0.6) is 5.75 Å². The lowest BCUT2D eigenvalue weighted by molar-refractivity contribution is -0.107. The van der Waals surface area contributed by atoms with Crippen molar-refractivity contribution >= 4 is 18.0 Å². The number of carbonyl (C=O) groups is 2. The van der Waals surface area contributed by atoms with Crippen LogP contribution in [0.4, 0.5) is 5.69 Å². The second-order valence-electron chi connectivity index (χ2n) is 10.7. The number of benzene rings is 1. The Kier molecular flexibility index (Phi) is 8.06. The monoisotopic (exact) mass is 458 g/mol. The second-order valence-corrected chi connectivity index (χ2v) is 10.7. The van der Waals surface area contributed by atoms with E-state index in [1.165, 1.54) is 0 Å². The molecule has 0 aliphatic heterocycles. The number of amides is 2. The van der Waals surface area contributed by atoms with Gasteiger partial charge in [0, 0.05) is 24.7 Å². The summed E-state index contributed by atoms with van der Waals surface area (Å²) in [5.41, 5.74) is 6.91. The standard InChI is InChI=1S/C26H42N4O3/c1-7-19(3)16-26(5,8-2)29(6)24(32)22-15-21(33-28-27-25(4)13-14-25)11-12-23(22)30(18-31)17-20-9-10-20/h11-12,15,18-20,27-28H,7-10,13-14,16-17H2,1-6H3. The molecule has 2 fully saturated rings. The number of nitrogens with one attached hydrogen (secondary N) is 2. The molecule has 0 heterocycles. The normalized spacial score (nSPS) is 19.3. The molecule has 2 aliphatic rings. The molecule has 1 aromatic rings. The molecule has 2 unspecified atom stereocenters. The number of rotatable bonds is 14. The van der Waals surface area contributed by atoms with Gasteiger partial charge in [0.1, 0.15) is 5.75 Å². The number of anilines is 1. The summed E-state index contributed by atoms with van der Waals surface area (Å²) in [6.45, 7) is 11.5. The van der Waals surface area contributed by atoms with Gasteiger partial charge in [0.05, 0.1) is 11.3 Å². The van der Waals surface area contributed by atoms with Crippen molar-refractivity contribution in [3.63, 3.8) is 0 Å². The fourth-order valence-corrected chi connectivity index (χ4v) is 4.14. The molecule has 0 saturated heterocycles. The maximum atomic E-state index is 13.8. The van der Waals surface area contributed by atoms with Crippen LogP contribution in [0, 0.1) is 11.8 Å². The molecule has 184 valence electrons. The molecule has 1 aromatic carbocycles. The summed E-state index contributed by atoms with van der Waals surface area (Å²) in [6, 6.07) is 5.38. The summed E-state index contributed by atoms with van der Waals surface area (Å²) in [5.74, 6) is 1.47. The summed E-state index contributed by atoms with van der Waals surface area (Å²) in [4.78, 5) is 35.1. The van der Waals surface area contributed by atoms with Crippen molar-refractivity contribution < 1.29 is 14.4 Å². The van der Waals surface area contributed by atoms with E-state index in [0.717, 1.165) is 51.4 Å². The molecule has 0 spiro atoms. The van der Waals surface area contributed by atoms with Gasteiger partial charge in [-0.15, -0.1) is 0 Å². The van der Waals surface area contributed by atoms with Gasteiger partial charge in [0.2, 0.25) is 6.41 Å². The van der Waals surface area contributed by atoms with Gasteiger partial charge in [-0.2, -0.15) is 0 Å². The van der Waals surface area contributed by atoms with Crippen molar-refractivity contribution in [2.75, 3.05) is 18.5 Å². The fourth-order valence-electron chi connectivity index (χ4n) is 4.14. The van der Waals surface area contributed by atoms with E-state index in [1.807, 2.05) is 18.0 Å². The van der Waals surface area contributed by atoms with Crippen LogP contribution in [0.2, 0.25) is 0 Å². The van der Waals surface area contributed by atoms with Crippen LogP contribution in [-0.4, -0.2) is 41.9 Å². The molecule has 2 N–H and O–H groups in total. The van der Waals surface area contributed by atoms with Crippen LogP contribution in [0.1, 0.15) is 89.9 Å². The van der Waals surface area contributed by atoms with Gasteiger partial charge in [-0.1, -0.05) is 32.8 Å². The molecule has 7 heteroatoms. The minimum atomic E-state index is -0.274. The average Bonchev–Trinajstić information content (AvgIpc) is 3.75. The SMILES string of the molecule is CCC(C)CC(C)(CC)N(C)C(=O)c1cc(ONNC2(C)CC2)ccc1N(C=O)CC1CC1. The molecule has 0 radical (unpaired) electrons. The molecular formula is C26H42N4O3. The minimum Gasteiger partial charge on any atom is -0.394 e. The van der Waals surface area contributed by atoms with Crippen molar-refractivity contribution in [1.29, 1.82) is 0 Å². The molecule has 0 bridgehead atoms. The Morgan fingerprint density at radius 2 is 2.03 bits per heavy atom. The van der Waals surface area contributed by atoms with E-state index in [1.54, 1.807) is 17.0 Å². The largest absolute Gasteiger partial charge is 0.394 e. The summed E-state index contributed by atoms with van der Waals surface area (Å²) >= 11 is 0. The van der Waals surface area contributed by atoms with E-state index >= 15 is 0 Å². The predicted octanol–water partition coefficient (Wildman–Crippen LogP) is 4.68. The zero-order valence-electron chi connectivity index (χ0n) is 21.2. The van der Waals surface area contributed by atoms with Crippen molar-refractivity contribution in [1.82, 2.24) is 15.9 Å².